The molecule has 0 aromatic heterocycles. The molecular formula is C7H12N2O2. The SMILES string of the molecule is C[C@@H]1C2NCCC1N(O)C2=O. The molecule has 62 valence electrons. The van der Waals surface area contributed by atoms with Crippen molar-refractivity contribution in [2.24, 2.45) is 5.92 Å². The zero-order valence-electron chi connectivity index (χ0n) is 6.45. The Balaban J connectivity index is 2.28. The highest BCUT2D eigenvalue weighted by molar-refractivity contribution is 5.84. The maximum atomic E-state index is 11.2. The number of carbonyl (C=O) groups is 1. The van der Waals surface area contributed by atoms with Crippen molar-refractivity contribution in [1.29, 1.82) is 0 Å². The summed E-state index contributed by atoms with van der Waals surface area (Å²) < 4.78 is 0. The second-order valence-corrected chi connectivity index (χ2v) is 3.33. The van der Waals surface area contributed by atoms with Crippen LogP contribution in [-0.4, -0.2) is 34.8 Å². The number of nitrogens with one attached hydrogen (secondary N) is 1. The van der Waals surface area contributed by atoms with Gasteiger partial charge in [-0.2, -0.15) is 0 Å². The monoisotopic (exact) mass is 156 g/mol. The third kappa shape index (κ3) is 0.795. The van der Waals surface area contributed by atoms with Gasteiger partial charge >= 0.3 is 0 Å². The maximum absolute atomic E-state index is 11.2. The highest BCUT2D eigenvalue weighted by atomic mass is 16.5. The molecule has 0 spiro atoms. The zero-order valence-corrected chi connectivity index (χ0v) is 6.45. The molecule has 2 heterocycles. The topological polar surface area (TPSA) is 52.6 Å². The summed E-state index contributed by atoms with van der Waals surface area (Å²) in [6, 6.07) is -0.0903. The van der Waals surface area contributed by atoms with Gasteiger partial charge in [0, 0.05) is 5.92 Å². The van der Waals surface area contributed by atoms with Gasteiger partial charge in [0.1, 0.15) is 0 Å². The molecule has 0 saturated carbocycles. The molecule has 2 aliphatic rings. The number of fused-ring (bicyclic) bond motifs is 2. The van der Waals surface area contributed by atoms with E-state index in [1.54, 1.807) is 0 Å². The van der Waals surface area contributed by atoms with Gasteiger partial charge in [0.15, 0.2) is 0 Å². The predicted molar refractivity (Wildman–Crippen MR) is 38.0 cm³/mol. The minimum atomic E-state index is -0.167. The van der Waals surface area contributed by atoms with Crippen LogP contribution in [0.3, 0.4) is 0 Å². The van der Waals surface area contributed by atoms with Gasteiger partial charge in [-0.05, 0) is 13.0 Å². The van der Waals surface area contributed by atoms with Crippen molar-refractivity contribution in [1.82, 2.24) is 10.4 Å². The lowest BCUT2D eigenvalue weighted by Gasteiger charge is -2.25. The normalized spacial score (nSPS) is 43.3. The van der Waals surface area contributed by atoms with Crippen molar-refractivity contribution in [2.45, 2.75) is 25.4 Å². The first-order valence-corrected chi connectivity index (χ1v) is 3.97. The molecule has 0 aromatic rings. The molecule has 2 rings (SSSR count). The lowest BCUT2D eigenvalue weighted by atomic mass is 9.93. The van der Waals surface area contributed by atoms with E-state index in [2.05, 4.69) is 5.32 Å². The Labute approximate surface area is 65.1 Å². The highest BCUT2D eigenvalue weighted by Crippen LogP contribution is 2.29. The number of piperidine rings is 1. The summed E-state index contributed by atoms with van der Waals surface area (Å²) in [5.41, 5.74) is 0. The van der Waals surface area contributed by atoms with Gasteiger partial charge in [-0.1, -0.05) is 6.92 Å². The third-order valence-corrected chi connectivity index (χ3v) is 2.74. The van der Waals surface area contributed by atoms with Crippen molar-refractivity contribution < 1.29 is 10.0 Å². The van der Waals surface area contributed by atoms with Crippen LogP contribution in [0.4, 0.5) is 0 Å². The summed E-state index contributed by atoms with van der Waals surface area (Å²) >= 11 is 0. The van der Waals surface area contributed by atoms with E-state index in [4.69, 9.17) is 0 Å². The average molecular weight is 156 g/mol. The molecule has 4 nitrogen and oxygen atoms in total. The molecule has 3 atom stereocenters. The van der Waals surface area contributed by atoms with Crippen LogP contribution in [-0.2, 0) is 4.79 Å². The summed E-state index contributed by atoms with van der Waals surface area (Å²) in [5.74, 6) is 0.0845. The highest BCUT2D eigenvalue weighted by Gasteiger charge is 2.47. The van der Waals surface area contributed by atoms with Crippen molar-refractivity contribution in [3.05, 3.63) is 0 Å². The van der Waals surface area contributed by atoms with Crippen molar-refractivity contribution in [2.75, 3.05) is 6.54 Å². The van der Waals surface area contributed by atoms with Gasteiger partial charge in [-0.25, -0.2) is 5.06 Å². The zero-order chi connectivity index (χ0) is 8.01. The van der Waals surface area contributed by atoms with Gasteiger partial charge < -0.3 is 5.32 Å². The van der Waals surface area contributed by atoms with Crippen molar-refractivity contribution in [3.63, 3.8) is 0 Å². The van der Waals surface area contributed by atoms with Crippen LogP contribution in [0.25, 0.3) is 0 Å². The summed E-state index contributed by atoms with van der Waals surface area (Å²) in [5, 5.41) is 13.3. The van der Waals surface area contributed by atoms with Crippen molar-refractivity contribution in [3.8, 4) is 0 Å². The molecule has 0 aromatic carbocycles. The van der Waals surface area contributed by atoms with E-state index < -0.39 is 0 Å². The molecule has 4 heteroatoms. The number of nitrogens with zero attached hydrogens (tertiary/aromatic N) is 1. The van der Waals surface area contributed by atoms with E-state index in [1.807, 2.05) is 6.92 Å². The minimum Gasteiger partial charge on any atom is -0.305 e. The first-order chi connectivity index (χ1) is 5.22. The molecule has 2 fully saturated rings. The largest absolute Gasteiger partial charge is 0.305 e. The Morgan fingerprint density at radius 1 is 1.73 bits per heavy atom. The minimum absolute atomic E-state index is 0.0498. The lowest BCUT2D eigenvalue weighted by Crippen LogP contribution is -2.43. The smallest absolute Gasteiger partial charge is 0.263 e. The van der Waals surface area contributed by atoms with Gasteiger partial charge in [0.05, 0.1) is 12.1 Å². The van der Waals surface area contributed by atoms with Gasteiger partial charge in [0.25, 0.3) is 5.91 Å². The van der Waals surface area contributed by atoms with Crippen LogP contribution in [0.2, 0.25) is 0 Å². The molecule has 0 aliphatic carbocycles. The summed E-state index contributed by atoms with van der Waals surface area (Å²) in [7, 11) is 0. The number of hydroxylamine groups is 2. The van der Waals surface area contributed by atoms with E-state index >= 15 is 0 Å². The van der Waals surface area contributed by atoms with Gasteiger partial charge in [-0.3, -0.25) is 10.0 Å². The molecule has 2 unspecified atom stereocenters. The number of amides is 1. The number of carbonyl (C=O) groups excluding carboxylic acids is 1. The van der Waals surface area contributed by atoms with Crippen LogP contribution in [0.15, 0.2) is 0 Å². The Kier molecular flexibility index (Phi) is 1.40. The molecule has 2 aliphatic heterocycles. The van der Waals surface area contributed by atoms with Crippen LogP contribution in [0.1, 0.15) is 13.3 Å². The van der Waals surface area contributed by atoms with Crippen molar-refractivity contribution >= 4 is 5.91 Å². The second-order valence-electron chi connectivity index (χ2n) is 3.33. The standard InChI is InChI=1S/C7H12N2O2/c1-4-5-2-3-8-6(4)7(10)9(5)11/h4-6,8,11H,2-3H2,1H3/t4-,5?,6?/m0/s1. The maximum Gasteiger partial charge on any atom is 0.263 e. The summed E-state index contributed by atoms with van der Waals surface area (Å²) in [6.07, 6.45) is 0.861. The molecule has 2 bridgehead atoms. The van der Waals surface area contributed by atoms with Crippen LogP contribution >= 0.6 is 0 Å². The van der Waals surface area contributed by atoms with Gasteiger partial charge in [0.2, 0.25) is 0 Å². The fraction of sp³-hybridized carbons (Fsp3) is 0.857. The Hall–Kier alpha value is -0.610. The number of hydrogen-bond donors (Lipinski definition) is 2. The first kappa shape index (κ1) is 7.06. The summed E-state index contributed by atoms with van der Waals surface area (Å²) in [6.45, 7) is 2.83. The predicted octanol–water partition coefficient (Wildman–Crippen LogP) is -0.416. The lowest BCUT2D eigenvalue weighted by molar-refractivity contribution is -0.165. The Morgan fingerprint density at radius 3 is 3.00 bits per heavy atom. The van der Waals surface area contributed by atoms with E-state index in [0.717, 1.165) is 18.0 Å². The average Bonchev–Trinajstić information content (AvgIpc) is 2.19. The fourth-order valence-corrected chi connectivity index (χ4v) is 2.02. The number of rotatable bonds is 0. The Bertz CT molecular complexity index is 195. The number of hydrogen-bond acceptors (Lipinski definition) is 3. The van der Waals surface area contributed by atoms with Crippen LogP contribution in [0, 0.1) is 5.92 Å². The fourth-order valence-electron chi connectivity index (χ4n) is 2.02. The molecule has 0 radical (unpaired) electrons. The first-order valence-electron chi connectivity index (χ1n) is 3.97. The molecule has 11 heavy (non-hydrogen) atoms. The molecule has 2 saturated heterocycles. The van der Waals surface area contributed by atoms with E-state index in [-0.39, 0.29) is 23.9 Å². The second kappa shape index (κ2) is 2.19. The van der Waals surface area contributed by atoms with E-state index in [1.165, 1.54) is 0 Å². The quantitative estimate of drug-likeness (QED) is 0.468. The van der Waals surface area contributed by atoms with Crippen LogP contribution < -0.4 is 5.32 Å². The molecule has 2 N–H and O–H groups in total. The van der Waals surface area contributed by atoms with Crippen LogP contribution in [0.5, 0.6) is 0 Å². The van der Waals surface area contributed by atoms with E-state index in [0.29, 0.717) is 0 Å². The van der Waals surface area contributed by atoms with E-state index in [9.17, 15) is 10.0 Å². The molecular weight excluding hydrogens is 144 g/mol. The Morgan fingerprint density at radius 2 is 2.45 bits per heavy atom. The summed E-state index contributed by atoms with van der Waals surface area (Å²) in [4.78, 5) is 11.2. The third-order valence-electron chi connectivity index (χ3n) is 2.74. The molecule has 1 amide bonds. The van der Waals surface area contributed by atoms with Gasteiger partial charge in [-0.15, -0.1) is 0 Å².